The number of carbonyl (C=O) groups excluding carboxylic acids is 2. The summed E-state index contributed by atoms with van der Waals surface area (Å²) in [5.74, 6) is -1.00. The Morgan fingerprint density at radius 3 is 2.14 bits per heavy atom. The third-order valence-corrected chi connectivity index (χ3v) is 3.63. The van der Waals surface area contributed by atoms with Crippen LogP contribution in [0.4, 0.5) is 0 Å². The molecule has 112 valence electrons. The van der Waals surface area contributed by atoms with Gasteiger partial charge < -0.3 is 4.74 Å². The lowest BCUT2D eigenvalue weighted by Crippen LogP contribution is -2.51. The lowest BCUT2D eigenvalue weighted by atomic mass is 10.1. The minimum absolute atomic E-state index is 0.279. The molecule has 1 aliphatic rings. The molecule has 1 aromatic rings. The number of imide groups is 1. The van der Waals surface area contributed by atoms with E-state index < -0.39 is 35.4 Å². The van der Waals surface area contributed by atoms with Crippen molar-refractivity contribution in [2.75, 3.05) is 13.7 Å². The smallest absolute Gasteiger partial charge is 0.262 e. The van der Waals surface area contributed by atoms with Crippen molar-refractivity contribution in [3.63, 3.8) is 0 Å². The molecule has 0 spiro atoms. The summed E-state index contributed by atoms with van der Waals surface area (Å²) < 4.78 is 5.22. The molecule has 0 saturated carbocycles. The second kappa shape index (κ2) is 6.01. The zero-order chi connectivity index (χ0) is 15.6. The highest BCUT2D eigenvalue weighted by Crippen LogP contribution is 2.26. The van der Waals surface area contributed by atoms with Crippen molar-refractivity contribution in [1.82, 2.24) is 4.90 Å². The molecule has 1 aromatic carbocycles. The summed E-state index contributed by atoms with van der Waals surface area (Å²) in [5, 5.41) is 10.9. The molecule has 0 fully saturated rings. The molecule has 0 aliphatic carbocycles. The number of nitrogens with zero attached hydrogens (tertiary/aromatic N) is 2. The number of rotatable bonds is 6. The summed E-state index contributed by atoms with van der Waals surface area (Å²) in [6.45, 7) is 1.26. The number of nitro groups is 1. The van der Waals surface area contributed by atoms with E-state index in [9.17, 15) is 19.7 Å². The van der Waals surface area contributed by atoms with E-state index in [4.69, 9.17) is 4.74 Å². The molecule has 0 N–H and O–H groups in total. The standard InChI is InChI=1S/C14H16N2O5/c1-3-12(21-2)11(8-15(19)20)16-13(17)9-6-4-5-7-10(9)14(16)18/h4-7,11-12H,3,8H2,1-2H3/t11-,12+/m1/s1. The van der Waals surface area contributed by atoms with Gasteiger partial charge in [-0.15, -0.1) is 0 Å². The molecule has 0 aromatic heterocycles. The van der Waals surface area contributed by atoms with E-state index in [1.165, 1.54) is 7.11 Å². The maximum atomic E-state index is 12.4. The zero-order valence-corrected chi connectivity index (χ0v) is 11.8. The highest BCUT2D eigenvalue weighted by atomic mass is 16.6. The second-order valence-corrected chi connectivity index (χ2v) is 4.79. The van der Waals surface area contributed by atoms with Crippen LogP contribution in [-0.4, -0.2) is 47.4 Å². The van der Waals surface area contributed by atoms with Crippen molar-refractivity contribution >= 4 is 11.8 Å². The van der Waals surface area contributed by atoms with Gasteiger partial charge in [-0.3, -0.25) is 24.6 Å². The number of hydrogen-bond donors (Lipinski definition) is 0. The minimum Gasteiger partial charge on any atom is -0.379 e. The number of amides is 2. The lowest BCUT2D eigenvalue weighted by molar-refractivity contribution is -0.487. The van der Waals surface area contributed by atoms with Gasteiger partial charge in [0.05, 0.1) is 17.2 Å². The van der Waals surface area contributed by atoms with Gasteiger partial charge in [0.15, 0.2) is 0 Å². The lowest BCUT2D eigenvalue weighted by Gasteiger charge is -2.28. The fraction of sp³-hybridized carbons (Fsp3) is 0.429. The second-order valence-electron chi connectivity index (χ2n) is 4.79. The summed E-state index contributed by atoms with van der Waals surface area (Å²) in [6.07, 6.45) is -0.111. The summed E-state index contributed by atoms with van der Waals surface area (Å²) in [4.78, 5) is 36.1. The van der Waals surface area contributed by atoms with Crippen LogP contribution in [0.25, 0.3) is 0 Å². The van der Waals surface area contributed by atoms with E-state index in [0.29, 0.717) is 6.42 Å². The average molecular weight is 292 g/mol. The van der Waals surface area contributed by atoms with Crippen molar-refractivity contribution in [2.45, 2.75) is 25.5 Å². The van der Waals surface area contributed by atoms with Crippen molar-refractivity contribution in [3.8, 4) is 0 Å². The van der Waals surface area contributed by atoms with Gasteiger partial charge in [-0.05, 0) is 18.6 Å². The molecule has 7 heteroatoms. The van der Waals surface area contributed by atoms with Crippen LogP contribution in [0.2, 0.25) is 0 Å². The van der Waals surface area contributed by atoms with Crippen molar-refractivity contribution < 1.29 is 19.2 Å². The van der Waals surface area contributed by atoms with Crippen molar-refractivity contribution in [2.24, 2.45) is 0 Å². The van der Waals surface area contributed by atoms with E-state index in [0.717, 1.165) is 4.90 Å². The van der Waals surface area contributed by atoms with Gasteiger partial charge in [-0.1, -0.05) is 19.1 Å². The van der Waals surface area contributed by atoms with Crippen LogP contribution in [0.3, 0.4) is 0 Å². The molecule has 2 amide bonds. The van der Waals surface area contributed by atoms with E-state index >= 15 is 0 Å². The molecular formula is C14H16N2O5. The first kappa shape index (κ1) is 15.1. The van der Waals surface area contributed by atoms with Crippen molar-refractivity contribution in [3.05, 3.63) is 45.5 Å². The Hall–Kier alpha value is -2.28. The normalized spacial score (nSPS) is 16.8. The third-order valence-electron chi connectivity index (χ3n) is 3.63. The molecule has 7 nitrogen and oxygen atoms in total. The highest BCUT2D eigenvalue weighted by Gasteiger charge is 2.44. The number of fused-ring (bicyclic) bond motifs is 1. The van der Waals surface area contributed by atoms with Gasteiger partial charge in [0.1, 0.15) is 6.04 Å². The molecule has 0 saturated heterocycles. The summed E-state index contributed by atoms with van der Waals surface area (Å²) in [6, 6.07) is 5.49. The van der Waals surface area contributed by atoms with Crippen LogP contribution in [-0.2, 0) is 4.74 Å². The Bertz CT molecular complexity index is 547. The Morgan fingerprint density at radius 2 is 1.76 bits per heavy atom. The quantitative estimate of drug-likeness (QED) is 0.448. The van der Waals surface area contributed by atoms with Gasteiger partial charge in [0, 0.05) is 12.0 Å². The van der Waals surface area contributed by atoms with Gasteiger partial charge in [0.25, 0.3) is 11.8 Å². The number of ether oxygens (including phenoxy) is 1. The van der Waals surface area contributed by atoms with E-state index in [1.54, 1.807) is 31.2 Å². The first-order chi connectivity index (χ1) is 10.0. The average Bonchev–Trinajstić information content (AvgIpc) is 2.71. The Balaban J connectivity index is 2.40. The van der Waals surface area contributed by atoms with Crippen molar-refractivity contribution in [1.29, 1.82) is 0 Å². The fourth-order valence-electron chi connectivity index (χ4n) is 2.62. The van der Waals surface area contributed by atoms with Crippen LogP contribution >= 0.6 is 0 Å². The molecule has 2 rings (SSSR count). The molecule has 0 bridgehead atoms. The third kappa shape index (κ3) is 2.64. The molecule has 1 aliphatic heterocycles. The SMILES string of the molecule is CC[C@H](OC)[C@@H](C[N+](=O)[O-])N1C(=O)c2ccccc2C1=O. The Kier molecular flexibility index (Phi) is 4.32. The fourth-order valence-corrected chi connectivity index (χ4v) is 2.62. The van der Waals surface area contributed by atoms with E-state index in [-0.39, 0.29) is 11.1 Å². The van der Waals surface area contributed by atoms with E-state index in [1.807, 2.05) is 0 Å². The molecule has 2 atom stereocenters. The number of carbonyl (C=O) groups is 2. The van der Waals surface area contributed by atoms with Crippen LogP contribution in [0.15, 0.2) is 24.3 Å². The summed E-state index contributed by atoms with van der Waals surface area (Å²) in [7, 11) is 1.42. The number of benzene rings is 1. The summed E-state index contributed by atoms with van der Waals surface area (Å²) >= 11 is 0. The maximum absolute atomic E-state index is 12.4. The molecular weight excluding hydrogens is 276 g/mol. The first-order valence-electron chi connectivity index (χ1n) is 6.62. The molecule has 0 radical (unpaired) electrons. The summed E-state index contributed by atoms with van der Waals surface area (Å²) in [5.41, 5.74) is 0.559. The zero-order valence-electron chi connectivity index (χ0n) is 11.8. The van der Waals surface area contributed by atoms with Crippen LogP contribution in [0, 0.1) is 10.1 Å². The number of hydrogen-bond acceptors (Lipinski definition) is 5. The van der Waals surface area contributed by atoms with Gasteiger partial charge >= 0.3 is 0 Å². The maximum Gasteiger partial charge on any atom is 0.262 e. The monoisotopic (exact) mass is 292 g/mol. The number of methoxy groups -OCH3 is 1. The largest absolute Gasteiger partial charge is 0.379 e. The molecule has 21 heavy (non-hydrogen) atoms. The predicted molar refractivity (Wildman–Crippen MR) is 73.7 cm³/mol. The van der Waals surface area contributed by atoms with Crippen LogP contribution in [0.1, 0.15) is 34.1 Å². The van der Waals surface area contributed by atoms with Gasteiger partial charge in [-0.25, -0.2) is 0 Å². The van der Waals surface area contributed by atoms with E-state index in [2.05, 4.69) is 0 Å². The minimum atomic E-state index is -0.914. The van der Waals surface area contributed by atoms with Crippen LogP contribution in [0.5, 0.6) is 0 Å². The molecule has 0 unspecified atom stereocenters. The topological polar surface area (TPSA) is 89.8 Å². The highest BCUT2D eigenvalue weighted by molar-refractivity contribution is 6.21. The Labute approximate surface area is 121 Å². The molecule has 1 heterocycles. The van der Waals surface area contributed by atoms with Gasteiger partial charge in [-0.2, -0.15) is 0 Å². The van der Waals surface area contributed by atoms with Gasteiger partial charge in [0.2, 0.25) is 6.54 Å². The predicted octanol–water partition coefficient (Wildman–Crippen LogP) is 1.35. The first-order valence-corrected chi connectivity index (χ1v) is 6.62. The Morgan fingerprint density at radius 1 is 1.24 bits per heavy atom. The van der Waals surface area contributed by atoms with Crippen LogP contribution < -0.4 is 0 Å².